The van der Waals surface area contributed by atoms with Crippen LogP contribution in [-0.2, 0) is 16.1 Å². The topological polar surface area (TPSA) is 101 Å². The molecule has 4 aliphatic rings. The molecule has 208 valence electrons. The molecule has 2 atom stereocenters. The minimum absolute atomic E-state index is 0.0794. The van der Waals surface area contributed by atoms with Gasteiger partial charge in [0, 0.05) is 39.6 Å². The van der Waals surface area contributed by atoms with Crippen molar-refractivity contribution in [2.45, 2.75) is 18.4 Å². The van der Waals surface area contributed by atoms with Gasteiger partial charge < -0.3 is 0 Å². The van der Waals surface area contributed by atoms with Crippen molar-refractivity contribution in [2.24, 2.45) is 11.8 Å². The van der Waals surface area contributed by atoms with Crippen molar-refractivity contribution < 1.29 is 19.3 Å². The summed E-state index contributed by atoms with van der Waals surface area (Å²) in [6.45, 7) is -0.196. The number of imide groups is 1. The Bertz CT molecular complexity index is 1710. The number of non-ortho nitro benzene ring substituents is 1. The van der Waals surface area contributed by atoms with Crippen LogP contribution in [0, 0.1) is 22.0 Å². The van der Waals surface area contributed by atoms with Gasteiger partial charge in [0.05, 0.1) is 23.3 Å². The Kier molecular flexibility index (Phi) is 6.15. The molecule has 10 heteroatoms. The van der Waals surface area contributed by atoms with E-state index < -0.39 is 34.5 Å². The van der Waals surface area contributed by atoms with Crippen LogP contribution in [0.15, 0.2) is 91.0 Å². The molecule has 8 rings (SSSR count). The first kappa shape index (κ1) is 26.4. The van der Waals surface area contributed by atoms with Gasteiger partial charge in [-0.3, -0.25) is 24.5 Å². The summed E-state index contributed by atoms with van der Waals surface area (Å²) in [4.78, 5) is 53.4. The quantitative estimate of drug-likeness (QED) is 0.151. The number of rotatable bonds is 5. The van der Waals surface area contributed by atoms with E-state index in [0.29, 0.717) is 10.6 Å². The lowest BCUT2D eigenvalue weighted by Gasteiger charge is -2.45. The smallest absolute Gasteiger partial charge is 0.272 e. The molecule has 0 N–H and O–H groups in total. The normalized spacial score (nSPS) is 21.5. The average Bonchev–Trinajstić information content (AvgIpc) is 3.26. The molecule has 4 aromatic carbocycles. The number of halogens is 2. The largest absolute Gasteiger partial charge is 0.273 e. The summed E-state index contributed by atoms with van der Waals surface area (Å²) >= 11 is 12.6. The number of hydrazine groups is 1. The Morgan fingerprint density at radius 1 is 0.786 bits per heavy atom. The molecule has 1 aliphatic heterocycles. The predicted octanol–water partition coefficient (Wildman–Crippen LogP) is 6.35. The van der Waals surface area contributed by atoms with E-state index in [1.54, 1.807) is 12.1 Å². The standard InChI is InChI=1S/C32H21Cl2N3O5/c33-19-12-9-18(25(34)15-19)16-35(30(38)17-10-13-20(14-11-17)37(41)42)36-31(39)28-26-21-5-1-2-6-22(21)27(29(28)32(36)40)24-8-4-3-7-23(24)26/h1-15,26-29H,16H2/t26?,27?,28-,29+. The Hall–Kier alpha value is -4.53. The lowest BCUT2D eigenvalue weighted by Crippen LogP contribution is -2.50. The SMILES string of the molecule is O=C(c1ccc([N+](=O)[O-])cc1)N(Cc1ccc(Cl)cc1Cl)N1C(=O)[C@@H]2C3c4ccccc4C(c4ccccc43)[C@@H]2C1=O. The van der Waals surface area contributed by atoms with E-state index in [4.69, 9.17) is 23.2 Å². The Morgan fingerprint density at radius 3 is 1.74 bits per heavy atom. The zero-order valence-corrected chi connectivity index (χ0v) is 23.3. The molecule has 0 unspecified atom stereocenters. The summed E-state index contributed by atoms with van der Waals surface area (Å²) in [5.74, 6) is -3.68. The van der Waals surface area contributed by atoms with Crippen molar-refractivity contribution >= 4 is 46.6 Å². The molecule has 1 heterocycles. The first-order valence-corrected chi connectivity index (χ1v) is 14.1. The molecule has 0 spiro atoms. The van der Waals surface area contributed by atoms with Crippen LogP contribution in [0.2, 0.25) is 10.0 Å². The average molecular weight is 598 g/mol. The number of carbonyl (C=O) groups excluding carboxylic acids is 3. The fourth-order valence-electron chi connectivity index (χ4n) is 6.82. The van der Waals surface area contributed by atoms with Gasteiger partial charge in [-0.2, -0.15) is 5.01 Å². The van der Waals surface area contributed by atoms with E-state index in [0.717, 1.165) is 32.3 Å². The number of nitro groups is 1. The zero-order valence-electron chi connectivity index (χ0n) is 21.8. The second-order valence-electron chi connectivity index (χ2n) is 10.7. The van der Waals surface area contributed by atoms with E-state index in [1.165, 1.54) is 30.3 Å². The monoisotopic (exact) mass is 597 g/mol. The lowest BCUT2D eigenvalue weighted by molar-refractivity contribution is -0.384. The number of carbonyl (C=O) groups is 3. The highest BCUT2D eigenvalue weighted by molar-refractivity contribution is 6.35. The number of benzene rings is 4. The zero-order chi connectivity index (χ0) is 29.3. The van der Waals surface area contributed by atoms with Crippen LogP contribution in [0.3, 0.4) is 0 Å². The molecule has 2 bridgehead atoms. The molecular formula is C32H21Cl2N3O5. The third-order valence-corrected chi connectivity index (χ3v) is 9.15. The summed E-state index contributed by atoms with van der Waals surface area (Å²) in [7, 11) is 0. The Morgan fingerprint density at radius 2 is 1.29 bits per heavy atom. The maximum absolute atomic E-state index is 14.4. The first-order valence-electron chi connectivity index (χ1n) is 13.3. The first-order chi connectivity index (χ1) is 20.3. The fourth-order valence-corrected chi connectivity index (χ4v) is 7.29. The molecular weight excluding hydrogens is 577 g/mol. The molecule has 3 aliphatic carbocycles. The Balaban J connectivity index is 1.34. The highest BCUT2D eigenvalue weighted by atomic mass is 35.5. The van der Waals surface area contributed by atoms with Crippen molar-refractivity contribution in [1.29, 1.82) is 0 Å². The van der Waals surface area contributed by atoms with Crippen molar-refractivity contribution in [1.82, 2.24) is 10.0 Å². The van der Waals surface area contributed by atoms with Gasteiger partial charge in [-0.15, -0.1) is 0 Å². The molecule has 0 saturated carbocycles. The molecule has 1 fully saturated rings. The molecule has 8 nitrogen and oxygen atoms in total. The molecule has 4 aromatic rings. The van der Waals surface area contributed by atoms with Crippen LogP contribution in [-0.4, -0.2) is 32.7 Å². The number of hydrogen-bond donors (Lipinski definition) is 0. The maximum Gasteiger partial charge on any atom is 0.273 e. The summed E-state index contributed by atoms with van der Waals surface area (Å²) in [6, 6.07) is 25.6. The summed E-state index contributed by atoms with van der Waals surface area (Å²) in [5.41, 5.74) is 4.42. The van der Waals surface area contributed by atoms with E-state index in [2.05, 4.69) is 0 Å². The van der Waals surface area contributed by atoms with Crippen LogP contribution < -0.4 is 0 Å². The van der Waals surface area contributed by atoms with Crippen LogP contribution >= 0.6 is 23.2 Å². The number of amides is 3. The van der Waals surface area contributed by atoms with Crippen LogP contribution in [0.5, 0.6) is 0 Å². The predicted molar refractivity (Wildman–Crippen MR) is 155 cm³/mol. The van der Waals surface area contributed by atoms with Gasteiger partial charge in [-0.25, -0.2) is 5.01 Å². The number of hydrogen-bond acceptors (Lipinski definition) is 5. The second-order valence-corrected chi connectivity index (χ2v) is 11.5. The molecule has 0 aromatic heterocycles. The van der Waals surface area contributed by atoms with Crippen LogP contribution in [0.4, 0.5) is 5.69 Å². The van der Waals surface area contributed by atoms with E-state index in [1.807, 2.05) is 48.5 Å². The minimum Gasteiger partial charge on any atom is -0.272 e. The fraction of sp³-hybridized carbons (Fsp3) is 0.156. The third-order valence-electron chi connectivity index (χ3n) is 8.56. The van der Waals surface area contributed by atoms with Crippen molar-refractivity contribution in [3.63, 3.8) is 0 Å². The molecule has 1 saturated heterocycles. The molecule has 3 amide bonds. The van der Waals surface area contributed by atoms with Gasteiger partial charge in [0.25, 0.3) is 23.4 Å². The van der Waals surface area contributed by atoms with Crippen molar-refractivity contribution in [3.8, 4) is 0 Å². The van der Waals surface area contributed by atoms with E-state index in [9.17, 15) is 24.5 Å². The minimum atomic E-state index is -0.694. The van der Waals surface area contributed by atoms with Gasteiger partial charge in [-0.05, 0) is 52.1 Å². The maximum atomic E-state index is 14.4. The second kappa shape index (κ2) is 9.79. The summed E-state index contributed by atoms with van der Waals surface area (Å²) < 4.78 is 0. The third kappa shape index (κ3) is 3.86. The Labute approximate surface area is 250 Å². The van der Waals surface area contributed by atoms with E-state index >= 15 is 0 Å². The summed E-state index contributed by atoms with van der Waals surface area (Å²) in [5, 5.41) is 13.9. The van der Waals surface area contributed by atoms with E-state index in [-0.39, 0.29) is 34.7 Å². The van der Waals surface area contributed by atoms with Gasteiger partial charge in [0.15, 0.2) is 0 Å². The summed E-state index contributed by atoms with van der Waals surface area (Å²) in [6.07, 6.45) is 0. The number of nitro benzene ring substituents is 1. The van der Waals surface area contributed by atoms with Gasteiger partial charge in [0.2, 0.25) is 0 Å². The highest BCUT2D eigenvalue weighted by Gasteiger charge is 2.63. The van der Waals surface area contributed by atoms with Gasteiger partial charge >= 0.3 is 0 Å². The number of nitrogens with zero attached hydrogens (tertiary/aromatic N) is 3. The van der Waals surface area contributed by atoms with Crippen molar-refractivity contribution in [3.05, 3.63) is 145 Å². The molecule has 0 radical (unpaired) electrons. The van der Waals surface area contributed by atoms with Gasteiger partial charge in [0.1, 0.15) is 0 Å². The van der Waals surface area contributed by atoms with Crippen LogP contribution in [0.25, 0.3) is 0 Å². The van der Waals surface area contributed by atoms with Crippen LogP contribution in [0.1, 0.15) is 50.0 Å². The van der Waals surface area contributed by atoms with Gasteiger partial charge in [-0.1, -0.05) is 77.8 Å². The van der Waals surface area contributed by atoms with Crippen molar-refractivity contribution in [2.75, 3.05) is 0 Å². The highest BCUT2D eigenvalue weighted by Crippen LogP contribution is 2.61. The lowest BCUT2D eigenvalue weighted by atomic mass is 9.55. The molecule has 42 heavy (non-hydrogen) atoms.